The summed E-state index contributed by atoms with van der Waals surface area (Å²) < 4.78 is 39.3. The van der Waals surface area contributed by atoms with E-state index in [0.717, 1.165) is 31.7 Å². The fraction of sp³-hybridized carbons (Fsp3) is 0.643. The molecule has 1 aromatic heterocycles. The third-order valence-electron chi connectivity index (χ3n) is 3.99. The van der Waals surface area contributed by atoms with Gasteiger partial charge in [-0.25, -0.2) is 4.98 Å². The minimum atomic E-state index is -4.44. The zero-order valence-corrected chi connectivity index (χ0v) is 13.0. The molecule has 0 radical (unpaired) electrons. The maximum absolute atomic E-state index is 13.0. The van der Waals surface area contributed by atoms with Crippen molar-refractivity contribution < 1.29 is 18.3 Å². The molecule has 2 atom stereocenters. The van der Waals surface area contributed by atoms with E-state index in [4.69, 9.17) is 0 Å². The second-order valence-electron chi connectivity index (χ2n) is 5.42. The van der Waals surface area contributed by atoms with E-state index in [2.05, 4.69) is 26.2 Å². The summed E-state index contributed by atoms with van der Waals surface area (Å²) in [5.74, 6) is 0.208. The molecule has 7 heteroatoms. The molecule has 1 saturated carbocycles. The highest BCUT2D eigenvalue weighted by Gasteiger charge is 2.35. The molecule has 0 spiro atoms. The summed E-state index contributed by atoms with van der Waals surface area (Å²) in [5.41, 5.74) is -0.770. The molecule has 0 amide bonds. The minimum Gasteiger partial charge on any atom is -0.396 e. The molecule has 1 aliphatic rings. The van der Waals surface area contributed by atoms with E-state index >= 15 is 0 Å². The molecule has 21 heavy (non-hydrogen) atoms. The molecule has 2 N–H and O–H groups in total. The Hall–Kier alpha value is -0.820. The molecule has 0 bridgehead atoms. The van der Waals surface area contributed by atoms with Gasteiger partial charge in [0, 0.05) is 23.8 Å². The number of nitrogens with zero attached hydrogens (tertiary/aromatic N) is 1. The number of alkyl halides is 3. The molecular formula is C14H18BrF3N2O. The van der Waals surface area contributed by atoms with E-state index in [9.17, 15) is 18.3 Å². The van der Waals surface area contributed by atoms with Gasteiger partial charge < -0.3 is 10.4 Å². The highest BCUT2D eigenvalue weighted by Crippen LogP contribution is 2.36. The van der Waals surface area contributed by atoms with Crippen molar-refractivity contribution in [1.29, 1.82) is 0 Å². The van der Waals surface area contributed by atoms with Crippen molar-refractivity contribution in [2.45, 2.75) is 31.9 Å². The molecule has 0 aromatic carbocycles. The topological polar surface area (TPSA) is 45.1 Å². The summed E-state index contributed by atoms with van der Waals surface area (Å²) in [4.78, 5) is 3.84. The lowest BCUT2D eigenvalue weighted by Gasteiger charge is -2.30. The van der Waals surface area contributed by atoms with Crippen LogP contribution >= 0.6 is 15.9 Å². The zero-order valence-electron chi connectivity index (χ0n) is 11.5. The maximum atomic E-state index is 13.0. The third kappa shape index (κ3) is 4.32. The Morgan fingerprint density at radius 2 is 1.95 bits per heavy atom. The van der Waals surface area contributed by atoms with Gasteiger partial charge in [0.2, 0.25) is 0 Å². The van der Waals surface area contributed by atoms with Gasteiger partial charge in [-0.3, -0.25) is 0 Å². The van der Waals surface area contributed by atoms with Gasteiger partial charge in [0.1, 0.15) is 5.82 Å². The number of aromatic nitrogens is 1. The van der Waals surface area contributed by atoms with Crippen molar-refractivity contribution in [2.75, 3.05) is 18.5 Å². The predicted molar refractivity (Wildman–Crippen MR) is 78.0 cm³/mol. The fourth-order valence-corrected chi connectivity index (χ4v) is 3.15. The van der Waals surface area contributed by atoms with E-state index in [0.29, 0.717) is 11.0 Å². The van der Waals surface area contributed by atoms with E-state index in [1.807, 2.05) is 0 Å². The minimum absolute atomic E-state index is 0.0895. The number of aliphatic hydroxyl groups excluding tert-OH is 1. The second kappa shape index (κ2) is 6.96. The number of hydrogen-bond donors (Lipinski definition) is 2. The lowest BCUT2D eigenvalue weighted by atomic mass is 9.79. The fourth-order valence-electron chi connectivity index (χ4n) is 2.82. The summed E-state index contributed by atoms with van der Waals surface area (Å²) in [6.45, 7) is 0.495. The van der Waals surface area contributed by atoms with Crippen molar-refractivity contribution in [3.8, 4) is 0 Å². The van der Waals surface area contributed by atoms with E-state index in [1.165, 1.54) is 6.20 Å². The SMILES string of the molecule is OCC1CCCCC1CNc1ncc(Br)cc1C(F)(F)F. The first-order valence-electron chi connectivity index (χ1n) is 6.99. The zero-order chi connectivity index (χ0) is 15.5. The molecule has 1 aliphatic carbocycles. The van der Waals surface area contributed by atoms with Gasteiger partial charge in [0.15, 0.2) is 0 Å². The second-order valence-corrected chi connectivity index (χ2v) is 6.33. The lowest BCUT2D eigenvalue weighted by molar-refractivity contribution is -0.137. The third-order valence-corrected chi connectivity index (χ3v) is 4.43. The van der Waals surface area contributed by atoms with Crippen LogP contribution in [0.5, 0.6) is 0 Å². The summed E-state index contributed by atoms with van der Waals surface area (Å²) in [5, 5.41) is 12.2. The number of nitrogens with one attached hydrogen (secondary N) is 1. The van der Waals surface area contributed by atoms with Gasteiger partial charge in [0.25, 0.3) is 0 Å². The number of hydrogen-bond acceptors (Lipinski definition) is 3. The van der Waals surface area contributed by atoms with E-state index < -0.39 is 11.7 Å². The number of halogens is 4. The molecule has 1 fully saturated rings. The average Bonchev–Trinajstić information content (AvgIpc) is 2.45. The molecule has 1 heterocycles. The summed E-state index contributed by atoms with van der Waals surface area (Å²) >= 11 is 3.01. The van der Waals surface area contributed by atoms with Crippen LogP contribution in [-0.4, -0.2) is 23.2 Å². The van der Waals surface area contributed by atoms with Crippen LogP contribution in [0.4, 0.5) is 19.0 Å². The first kappa shape index (κ1) is 16.5. The number of anilines is 1. The van der Waals surface area contributed by atoms with Crippen LogP contribution in [0.3, 0.4) is 0 Å². The molecule has 3 nitrogen and oxygen atoms in total. The van der Waals surface area contributed by atoms with Gasteiger partial charge in [0.05, 0.1) is 5.56 Å². The van der Waals surface area contributed by atoms with Crippen LogP contribution in [0.2, 0.25) is 0 Å². The monoisotopic (exact) mass is 366 g/mol. The molecule has 0 saturated heterocycles. The molecule has 0 aliphatic heterocycles. The molecule has 118 valence electrons. The van der Waals surface area contributed by atoms with Crippen molar-refractivity contribution >= 4 is 21.7 Å². The smallest absolute Gasteiger partial charge is 0.396 e. The van der Waals surface area contributed by atoms with Crippen LogP contribution in [0.1, 0.15) is 31.2 Å². The Bertz CT molecular complexity index is 482. The summed E-state index contributed by atoms with van der Waals surface area (Å²) in [6.07, 6.45) is 0.900. The van der Waals surface area contributed by atoms with Gasteiger partial charge in [-0.15, -0.1) is 0 Å². The van der Waals surface area contributed by atoms with Gasteiger partial charge in [-0.2, -0.15) is 13.2 Å². The Kier molecular flexibility index (Phi) is 5.48. The van der Waals surface area contributed by atoms with Crippen LogP contribution in [-0.2, 0) is 6.18 Å². The van der Waals surface area contributed by atoms with Gasteiger partial charge >= 0.3 is 6.18 Å². The molecule has 1 aromatic rings. The Labute approximate surface area is 130 Å². The molecule has 2 unspecified atom stereocenters. The quantitative estimate of drug-likeness (QED) is 0.843. The van der Waals surface area contributed by atoms with Gasteiger partial charge in [-0.05, 0) is 46.7 Å². The largest absolute Gasteiger partial charge is 0.419 e. The maximum Gasteiger partial charge on any atom is 0.419 e. The van der Waals surface area contributed by atoms with Crippen LogP contribution in [0, 0.1) is 11.8 Å². The first-order chi connectivity index (χ1) is 9.91. The van der Waals surface area contributed by atoms with E-state index in [1.54, 1.807) is 0 Å². The Morgan fingerprint density at radius 3 is 2.57 bits per heavy atom. The predicted octanol–water partition coefficient (Wildman–Crippen LogP) is 4.07. The summed E-state index contributed by atoms with van der Waals surface area (Å²) in [7, 11) is 0. The highest BCUT2D eigenvalue weighted by molar-refractivity contribution is 9.10. The number of rotatable bonds is 4. The van der Waals surface area contributed by atoms with Crippen LogP contribution < -0.4 is 5.32 Å². The van der Waals surface area contributed by atoms with Crippen molar-refractivity contribution in [1.82, 2.24) is 4.98 Å². The van der Waals surface area contributed by atoms with Crippen molar-refractivity contribution in [3.05, 3.63) is 22.3 Å². The Balaban J connectivity index is 2.09. The van der Waals surface area contributed by atoms with E-state index in [-0.39, 0.29) is 24.3 Å². The van der Waals surface area contributed by atoms with Crippen LogP contribution in [0.15, 0.2) is 16.7 Å². The number of pyridine rings is 1. The van der Waals surface area contributed by atoms with Crippen molar-refractivity contribution in [3.63, 3.8) is 0 Å². The normalized spacial score (nSPS) is 23.1. The van der Waals surface area contributed by atoms with Crippen molar-refractivity contribution in [2.24, 2.45) is 11.8 Å². The average molecular weight is 367 g/mol. The lowest BCUT2D eigenvalue weighted by Crippen LogP contribution is -2.29. The molecule has 2 rings (SSSR count). The molecular weight excluding hydrogens is 349 g/mol. The number of aliphatic hydroxyl groups is 1. The highest BCUT2D eigenvalue weighted by atomic mass is 79.9. The Morgan fingerprint density at radius 1 is 1.29 bits per heavy atom. The summed E-state index contributed by atoms with van der Waals surface area (Å²) in [6, 6.07) is 1.03. The first-order valence-corrected chi connectivity index (χ1v) is 7.78. The van der Waals surface area contributed by atoms with Gasteiger partial charge in [-0.1, -0.05) is 12.8 Å². The standard InChI is InChI=1S/C14H18BrF3N2O/c15-11-5-12(14(16,17)18)13(20-7-11)19-6-9-3-1-2-4-10(9)8-21/h5,7,9-10,21H,1-4,6,8H2,(H,19,20). The van der Waals surface area contributed by atoms with Crippen LogP contribution in [0.25, 0.3) is 0 Å².